The van der Waals surface area contributed by atoms with Crippen molar-refractivity contribution in [1.82, 2.24) is 15.2 Å². The predicted octanol–water partition coefficient (Wildman–Crippen LogP) is 2.24. The van der Waals surface area contributed by atoms with Gasteiger partial charge in [-0.05, 0) is 31.9 Å². The van der Waals surface area contributed by atoms with E-state index in [4.69, 9.17) is 9.52 Å². The van der Waals surface area contributed by atoms with Gasteiger partial charge >= 0.3 is 5.97 Å². The lowest BCUT2D eigenvalue weighted by Gasteiger charge is -1.98. The van der Waals surface area contributed by atoms with Crippen LogP contribution in [0.15, 0.2) is 22.7 Å². The number of carboxylic acids is 1. The van der Waals surface area contributed by atoms with Crippen molar-refractivity contribution in [3.05, 3.63) is 29.9 Å². The summed E-state index contributed by atoms with van der Waals surface area (Å²) in [5.74, 6) is 0.208. The zero-order valence-corrected chi connectivity index (χ0v) is 10.7. The largest absolute Gasteiger partial charge is 0.481 e. The van der Waals surface area contributed by atoms with E-state index in [9.17, 15) is 4.79 Å². The second-order valence-electron chi connectivity index (χ2n) is 4.24. The summed E-state index contributed by atoms with van der Waals surface area (Å²) >= 11 is 0. The van der Waals surface area contributed by atoms with E-state index in [-0.39, 0.29) is 6.42 Å². The molecule has 0 aromatic carbocycles. The smallest absolute Gasteiger partial charge is 0.303 e. The lowest BCUT2D eigenvalue weighted by Crippen LogP contribution is -1.95. The van der Waals surface area contributed by atoms with Gasteiger partial charge in [0.05, 0.1) is 5.56 Å². The third kappa shape index (κ3) is 3.61. The number of carboxylic acid groups (broad SMARTS) is 1. The fraction of sp³-hybridized carbons (Fsp3) is 0.385. The van der Waals surface area contributed by atoms with Crippen LogP contribution in [0, 0.1) is 6.92 Å². The Kier molecular flexibility index (Phi) is 4.22. The highest BCUT2D eigenvalue weighted by Crippen LogP contribution is 2.20. The molecule has 6 heteroatoms. The maximum Gasteiger partial charge on any atom is 0.303 e. The van der Waals surface area contributed by atoms with Crippen molar-refractivity contribution in [1.29, 1.82) is 0 Å². The van der Waals surface area contributed by atoms with E-state index >= 15 is 0 Å². The van der Waals surface area contributed by atoms with Gasteiger partial charge in [-0.25, -0.2) is 0 Å². The molecule has 19 heavy (non-hydrogen) atoms. The Labute approximate surface area is 110 Å². The number of aromatic nitrogens is 3. The zero-order chi connectivity index (χ0) is 13.7. The molecule has 0 aliphatic heterocycles. The van der Waals surface area contributed by atoms with Crippen LogP contribution in [0.3, 0.4) is 0 Å². The summed E-state index contributed by atoms with van der Waals surface area (Å²) in [6.45, 7) is 1.88. The maximum atomic E-state index is 10.4. The second-order valence-corrected chi connectivity index (χ2v) is 4.24. The Bertz CT molecular complexity index is 566. The third-order valence-electron chi connectivity index (χ3n) is 2.74. The number of aryl methyl sites for hydroxylation is 2. The molecule has 0 aliphatic rings. The summed E-state index contributed by atoms with van der Waals surface area (Å²) in [7, 11) is 0. The molecule has 0 aliphatic carbocycles. The summed E-state index contributed by atoms with van der Waals surface area (Å²) in [4.78, 5) is 14.5. The highest BCUT2D eigenvalue weighted by molar-refractivity contribution is 5.66. The summed E-state index contributed by atoms with van der Waals surface area (Å²) in [6.07, 6.45) is 3.81. The molecule has 2 heterocycles. The monoisotopic (exact) mass is 261 g/mol. The normalized spacial score (nSPS) is 10.6. The Morgan fingerprint density at radius 2 is 2.21 bits per heavy atom. The number of nitrogens with zero attached hydrogens (tertiary/aromatic N) is 3. The van der Waals surface area contributed by atoms with Gasteiger partial charge in [0, 0.05) is 24.7 Å². The Morgan fingerprint density at radius 3 is 2.95 bits per heavy atom. The SMILES string of the molecule is Cc1ncccc1-c1nnc(CCCCC(=O)O)o1. The van der Waals surface area contributed by atoms with Crippen LogP contribution in [-0.2, 0) is 11.2 Å². The van der Waals surface area contributed by atoms with Crippen molar-refractivity contribution in [3.8, 4) is 11.5 Å². The van der Waals surface area contributed by atoms with Crippen molar-refractivity contribution in [2.75, 3.05) is 0 Å². The molecule has 2 aromatic heterocycles. The van der Waals surface area contributed by atoms with Gasteiger partial charge in [-0.3, -0.25) is 9.78 Å². The van der Waals surface area contributed by atoms with E-state index in [0.717, 1.165) is 17.7 Å². The van der Waals surface area contributed by atoms with E-state index in [1.165, 1.54) is 0 Å². The fourth-order valence-electron chi connectivity index (χ4n) is 1.73. The molecule has 100 valence electrons. The van der Waals surface area contributed by atoms with Gasteiger partial charge in [0.2, 0.25) is 11.8 Å². The van der Waals surface area contributed by atoms with Crippen LogP contribution in [0.25, 0.3) is 11.5 Å². The molecule has 0 unspecified atom stereocenters. The number of aliphatic carboxylic acids is 1. The second kappa shape index (κ2) is 6.08. The van der Waals surface area contributed by atoms with Crippen molar-refractivity contribution in [2.24, 2.45) is 0 Å². The molecule has 0 spiro atoms. The van der Waals surface area contributed by atoms with Crippen LogP contribution in [0.1, 0.15) is 30.8 Å². The maximum absolute atomic E-state index is 10.4. The van der Waals surface area contributed by atoms with E-state index < -0.39 is 5.97 Å². The van der Waals surface area contributed by atoms with Crippen molar-refractivity contribution in [2.45, 2.75) is 32.6 Å². The van der Waals surface area contributed by atoms with Crippen LogP contribution in [-0.4, -0.2) is 26.3 Å². The molecule has 2 rings (SSSR count). The average molecular weight is 261 g/mol. The van der Waals surface area contributed by atoms with Gasteiger partial charge < -0.3 is 9.52 Å². The first kappa shape index (κ1) is 13.2. The van der Waals surface area contributed by atoms with Gasteiger partial charge in [-0.1, -0.05) is 0 Å². The van der Waals surface area contributed by atoms with E-state index in [1.807, 2.05) is 19.1 Å². The van der Waals surface area contributed by atoms with Crippen molar-refractivity contribution >= 4 is 5.97 Å². The highest BCUT2D eigenvalue weighted by atomic mass is 16.4. The molecule has 0 atom stereocenters. The fourth-order valence-corrected chi connectivity index (χ4v) is 1.73. The summed E-state index contributed by atoms with van der Waals surface area (Å²) < 4.78 is 5.55. The molecular formula is C13H15N3O3. The van der Waals surface area contributed by atoms with Crippen LogP contribution in [0.4, 0.5) is 0 Å². The molecule has 0 bridgehead atoms. The first-order valence-electron chi connectivity index (χ1n) is 6.13. The quantitative estimate of drug-likeness (QED) is 0.802. The highest BCUT2D eigenvalue weighted by Gasteiger charge is 2.11. The van der Waals surface area contributed by atoms with Gasteiger partial charge in [0.15, 0.2) is 0 Å². The number of rotatable bonds is 6. The van der Waals surface area contributed by atoms with E-state index in [2.05, 4.69) is 15.2 Å². The van der Waals surface area contributed by atoms with Gasteiger partial charge in [0.25, 0.3) is 0 Å². The number of hydrogen-bond acceptors (Lipinski definition) is 5. The molecular weight excluding hydrogens is 246 g/mol. The molecule has 1 N–H and O–H groups in total. The molecule has 0 radical (unpaired) electrons. The van der Waals surface area contributed by atoms with E-state index in [1.54, 1.807) is 6.20 Å². The minimum absolute atomic E-state index is 0.169. The summed E-state index contributed by atoms with van der Waals surface area (Å²) in [5.41, 5.74) is 1.66. The zero-order valence-electron chi connectivity index (χ0n) is 10.7. The number of carbonyl (C=O) groups is 1. The Morgan fingerprint density at radius 1 is 1.37 bits per heavy atom. The Balaban J connectivity index is 1.96. The Hall–Kier alpha value is -2.24. The van der Waals surface area contributed by atoms with Crippen LogP contribution in [0.5, 0.6) is 0 Å². The summed E-state index contributed by atoms with van der Waals surface area (Å²) in [5, 5.41) is 16.5. The van der Waals surface area contributed by atoms with E-state index in [0.29, 0.717) is 24.6 Å². The predicted molar refractivity (Wildman–Crippen MR) is 67.5 cm³/mol. The number of unbranched alkanes of at least 4 members (excludes halogenated alkanes) is 1. The van der Waals surface area contributed by atoms with Gasteiger partial charge in [-0.2, -0.15) is 0 Å². The lowest BCUT2D eigenvalue weighted by molar-refractivity contribution is -0.137. The topological polar surface area (TPSA) is 89.1 Å². The first-order valence-corrected chi connectivity index (χ1v) is 6.13. The lowest BCUT2D eigenvalue weighted by atomic mass is 10.2. The minimum Gasteiger partial charge on any atom is -0.481 e. The minimum atomic E-state index is -0.780. The molecule has 0 saturated heterocycles. The molecule has 0 fully saturated rings. The standard InChI is InChI=1S/C13H15N3O3/c1-9-10(5-4-8-14-9)13-16-15-11(19-13)6-2-3-7-12(17)18/h4-5,8H,2-3,6-7H2,1H3,(H,17,18). The van der Waals surface area contributed by atoms with Crippen molar-refractivity contribution in [3.63, 3.8) is 0 Å². The third-order valence-corrected chi connectivity index (χ3v) is 2.74. The van der Waals surface area contributed by atoms with Crippen LogP contribution >= 0.6 is 0 Å². The van der Waals surface area contributed by atoms with Crippen molar-refractivity contribution < 1.29 is 14.3 Å². The van der Waals surface area contributed by atoms with Gasteiger partial charge in [-0.15, -0.1) is 10.2 Å². The molecule has 6 nitrogen and oxygen atoms in total. The summed E-state index contributed by atoms with van der Waals surface area (Å²) in [6, 6.07) is 3.70. The average Bonchev–Trinajstić information content (AvgIpc) is 2.83. The van der Waals surface area contributed by atoms with Crippen LogP contribution < -0.4 is 0 Å². The molecule has 2 aromatic rings. The molecule has 0 amide bonds. The number of pyridine rings is 1. The van der Waals surface area contributed by atoms with Crippen LogP contribution in [0.2, 0.25) is 0 Å². The molecule has 0 saturated carbocycles. The number of hydrogen-bond donors (Lipinski definition) is 1. The van der Waals surface area contributed by atoms with Gasteiger partial charge in [0.1, 0.15) is 0 Å². The first-order chi connectivity index (χ1) is 9.16.